The van der Waals surface area contributed by atoms with Gasteiger partial charge in [0, 0.05) is 45.6 Å². The highest BCUT2D eigenvalue weighted by Gasteiger charge is 2.26. The Morgan fingerprint density at radius 1 is 1.47 bits per heavy atom. The molecule has 3 aromatic heterocycles. The number of amides is 1. The predicted molar refractivity (Wildman–Crippen MR) is 118 cm³/mol. The summed E-state index contributed by atoms with van der Waals surface area (Å²) in [6, 6.07) is 2.12. The molecule has 10 heteroatoms. The van der Waals surface area contributed by atoms with E-state index in [1.807, 2.05) is 22.3 Å². The summed E-state index contributed by atoms with van der Waals surface area (Å²) in [5.41, 5.74) is 1.71. The lowest BCUT2D eigenvalue weighted by atomic mass is 10.2. The van der Waals surface area contributed by atoms with Crippen LogP contribution in [0.5, 0.6) is 0 Å². The second-order valence-electron chi connectivity index (χ2n) is 7.11. The van der Waals surface area contributed by atoms with Gasteiger partial charge in [0.2, 0.25) is 11.9 Å². The number of carbonyl (C=O) groups excluding carboxylic acids is 1. The Balaban J connectivity index is 1.48. The van der Waals surface area contributed by atoms with E-state index in [1.165, 1.54) is 6.08 Å². The lowest BCUT2D eigenvalue weighted by molar-refractivity contribution is -0.125. The summed E-state index contributed by atoms with van der Waals surface area (Å²) in [5, 5.41) is 13.1. The number of carbonyl (C=O) groups is 1. The van der Waals surface area contributed by atoms with E-state index >= 15 is 0 Å². The minimum absolute atomic E-state index is 0.0341. The van der Waals surface area contributed by atoms with Crippen LogP contribution in [0.4, 0.5) is 17.5 Å². The number of fused-ring (bicyclic) bond motifs is 1. The molecule has 4 heterocycles. The number of hydrogen-bond acceptors (Lipinski definition) is 8. The Labute approximate surface area is 178 Å². The van der Waals surface area contributed by atoms with Gasteiger partial charge in [0.1, 0.15) is 5.82 Å². The number of hydrogen-bond donors (Lipinski definition) is 2. The molecule has 4 rings (SSSR count). The third kappa shape index (κ3) is 4.60. The molecule has 1 fully saturated rings. The summed E-state index contributed by atoms with van der Waals surface area (Å²) in [7, 11) is 1.69. The smallest absolute Gasteiger partial charge is 0.246 e. The molecular weight excluding hydrogens is 402 g/mol. The van der Waals surface area contributed by atoms with Gasteiger partial charge in [-0.25, -0.2) is 4.98 Å². The van der Waals surface area contributed by atoms with Gasteiger partial charge in [-0.1, -0.05) is 6.58 Å². The molecule has 30 heavy (non-hydrogen) atoms. The zero-order valence-corrected chi connectivity index (χ0v) is 17.7. The van der Waals surface area contributed by atoms with Crippen molar-refractivity contribution in [3.63, 3.8) is 0 Å². The first-order valence-electron chi connectivity index (χ1n) is 9.88. The van der Waals surface area contributed by atoms with E-state index in [9.17, 15) is 4.79 Å². The van der Waals surface area contributed by atoms with Gasteiger partial charge >= 0.3 is 0 Å². The molecule has 1 aliphatic rings. The molecule has 1 atom stereocenters. The van der Waals surface area contributed by atoms with Crippen LogP contribution in [0.15, 0.2) is 36.5 Å². The van der Waals surface area contributed by atoms with E-state index in [2.05, 4.69) is 27.3 Å². The van der Waals surface area contributed by atoms with Crippen molar-refractivity contribution >= 4 is 44.9 Å². The standard InChI is InChI=1S/C20H25N7O2S/c1-3-17(28)26-8-5-14(12-26)22-19-18-16(6-10-30-18)24-20(25-19)23-15-11-21-27(13-15)7-4-9-29-2/h3,6,10-11,13-14H,1,4-5,7-9,12H2,2H3,(H2,22,23,24,25)/t14-/m1/s1. The van der Waals surface area contributed by atoms with E-state index in [0.717, 1.165) is 41.1 Å². The normalized spacial score (nSPS) is 16.2. The number of ether oxygens (including phenoxy) is 1. The largest absolute Gasteiger partial charge is 0.385 e. The maximum Gasteiger partial charge on any atom is 0.246 e. The Bertz CT molecular complexity index is 1030. The van der Waals surface area contributed by atoms with E-state index in [1.54, 1.807) is 29.5 Å². The SMILES string of the molecule is C=CC(=O)N1CC[C@@H](Nc2nc(Nc3cnn(CCCOC)c3)nc3ccsc23)C1. The molecule has 0 saturated carbocycles. The first kappa shape index (κ1) is 20.3. The highest BCUT2D eigenvalue weighted by atomic mass is 32.1. The molecule has 1 amide bonds. The molecule has 0 radical (unpaired) electrons. The van der Waals surface area contributed by atoms with Crippen LogP contribution in [0.3, 0.4) is 0 Å². The van der Waals surface area contributed by atoms with Gasteiger partial charge in [-0.05, 0) is 30.4 Å². The van der Waals surface area contributed by atoms with Crippen molar-refractivity contribution < 1.29 is 9.53 Å². The molecule has 0 aromatic carbocycles. The Hall–Kier alpha value is -2.98. The zero-order chi connectivity index (χ0) is 20.9. The number of nitrogens with one attached hydrogen (secondary N) is 2. The third-order valence-electron chi connectivity index (χ3n) is 4.94. The lowest BCUT2D eigenvalue weighted by Crippen LogP contribution is -2.30. The molecule has 0 unspecified atom stereocenters. The van der Waals surface area contributed by atoms with E-state index < -0.39 is 0 Å². The molecule has 3 aromatic rings. The molecular formula is C20H25N7O2S. The molecule has 0 bridgehead atoms. The second kappa shape index (κ2) is 9.23. The molecule has 2 N–H and O–H groups in total. The fraction of sp³-hybridized carbons (Fsp3) is 0.400. The van der Waals surface area contributed by atoms with Gasteiger partial charge in [0.15, 0.2) is 0 Å². The van der Waals surface area contributed by atoms with E-state index in [-0.39, 0.29) is 11.9 Å². The van der Waals surface area contributed by atoms with Crippen LogP contribution < -0.4 is 10.6 Å². The van der Waals surface area contributed by atoms with Crippen LogP contribution in [-0.4, -0.2) is 63.4 Å². The fourth-order valence-electron chi connectivity index (χ4n) is 3.47. The number of nitrogens with zero attached hydrogens (tertiary/aromatic N) is 5. The maximum absolute atomic E-state index is 11.9. The van der Waals surface area contributed by atoms with Crippen LogP contribution in [-0.2, 0) is 16.1 Å². The maximum atomic E-state index is 11.9. The van der Waals surface area contributed by atoms with Crippen molar-refractivity contribution in [3.05, 3.63) is 36.5 Å². The molecule has 0 aliphatic carbocycles. The highest BCUT2D eigenvalue weighted by Crippen LogP contribution is 2.29. The van der Waals surface area contributed by atoms with E-state index in [0.29, 0.717) is 25.6 Å². The Morgan fingerprint density at radius 3 is 3.20 bits per heavy atom. The number of methoxy groups -OCH3 is 1. The highest BCUT2D eigenvalue weighted by molar-refractivity contribution is 7.17. The van der Waals surface area contributed by atoms with Crippen molar-refractivity contribution in [2.45, 2.75) is 25.4 Å². The average molecular weight is 428 g/mol. The average Bonchev–Trinajstić information content (AvgIpc) is 3.49. The monoisotopic (exact) mass is 427 g/mol. The van der Waals surface area contributed by atoms with Crippen molar-refractivity contribution in [2.24, 2.45) is 0 Å². The quantitative estimate of drug-likeness (QED) is 0.400. The minimum atomic E-state index is -0.0341. The molecule has 9 nitrogen and oxygen atoms in total. The number of aryl methyl sites for hydroxylation is 1. The third-order valence-corrected chi connectivity index (χ3v) is 5.85. The van der Waals surface area contributed by atoms with Crippen molar-refractivity contribution in [2.75, 3.05) is 37.4 Å². The summed E-state index contributed by atoms with van der Waals surface area (Å²) in [6.45, 7) is 6.41. The van der Waals surface area contributed by atoms with Crippen LogP contribution in [0, 0.1) is 0 Å². The first-order valence-corrected chi connectivity index (χ1v) is 10.8. The Morgan fingerprint density at radius 2 is 2.37 bits per heavy atom. The predicted octanol–water partition coefficient (Wildman–Crippen LogP) is 2.87. The fourth-order valence-corrected chi connectivity index (χ4v) is 4.25. The number of thiophene rings is 1. The van der Waals surface area contributed by atoms with Crippen LogP contribution in [0.1, 0.15) is 12.8 Å². The van der Waals surface area contributed by atoms with Gasteiger partial charge in [-0.3, -0.25) is 9.48 Å². The summed E-state index contributed by atoms with van der Waals surface area (Å²) in [6.07, 6.45) is 6.82. The number of anilines is 3. The second-order valence-corrected chi connectivity index (χ2v) is 8.03. The van der Waals surface area contributed by atoms with Crippen LogP contribution >= 0.6 is 11.3 Å². The lowest BCUT2D eigenvalue weighted by Gasteiger charge is -2.16. The summed E-state index contributed by atoms with van der Waals surface area (Å²) in [4.78, 5) is 23.0. The van der Waals surface area contributed by atoms with E-state index in [4.69, 9.17) is 9.72 Å². The van der Waals surface area contributed by atoms with Gasteiger partial charge in [0.05, 0.1) is 22.1 Å². The van der Waals surface area contributed by atoms with Gasteiger partial charge in [-0.2, -0.15) is 10.1 Å². The van der Waals surface area contributed by atoms with Crippen molar-refractivity contribution in [1.82, 2.24) is 24.6 Å². The van der Waals surface area contributed by atoms with Gasteiger partial charge in [0.25, 0.3) is 0 Å². The van der Waals surface area contributed by atoms with Crippen LogP contribution in [0.25, 0.3) is 10.2 Å². The topological polar surface area (TPSA) is 97.2 Å². The summed E-state index contributed by atoms with van der Waals surface area (Å²) in [5.74, 6) is 1.26. The zero-order valence-electron chi connectivity index (χ0n) is 16.9. The van der Waals surface area contributed by atoms with Gasteiger partial charge in [-0.15, -0.1) is 11.3 Å². The van der Waals surface area contributed by atoms with Gasteiger partial charge < -0.3 is 20.3 Å². The Kier molecular flexibility index (Phi) is 6.24. The number of likely N-dealkylation sites (tertiary alicyclic amines) is 1. The molecule has 1 saturated heterocycles. The molecule has 0 spiro atoms. The van der Waals surface area contributed by atoms with Crippen molar-refractivity contribution in [1.29, 1.82) is 0 Å². The number of rotatable bonds is 9. The number of aromatic nitrogens is 4. The first-order chi connectivity index (χ1) is 14.7. The molecule has 1 aliphatic heterocycles. The summed E-state index contributed by atoms with van der Waals surface area (Å²) < 4.78 is 7.96. The molecule has 158 valence electrons. The van der Waals surface area contributed by atoms with Crippen LogP contribution in [0.2, 0.25) is 0 Å². The van der Waals surface area contributed by atoms with Crippen molar-refractivity contribution in [3.8, 4) is 0 Å². The minimum Gasteiger partial charge on any atom is -0.385 e. The summed E-state index contributed by atoms with van der Waals surface area (Å²) >= 11 is 1.60.